The van der Waals surface area contributed by atoms with E-state index in [0.29, 0.717) is 48.5 Å². The summed E-state index contributed by atoms with van der Waals surface area (Å²) in [6.45, 7) is 0.810. The number of ether oxygens (including phenoxy) is 2. The van der Waals surface area contributed by atoms with Crippen molar-refractivity contribution < 1.29 is 27.1 Å². The topological polar surface area (TPSA) is 69.7 Å². The Balaban J connectivity index is 1.85. The quantitative estimate of drug-likeness (QED) is 0.788. The van der Waals surface area contributed by atoms with Gasteiger partial charge in [-0.2, -0.15) is 0 Å². The predicted octanol–water partition coefficient (Wildman–Crippen LogP) is 3.25. The van der Waals surface area contributed by atoms with Gasteiger partial charge in [0, 0.05) is 24.7 Å². The summed E-state index contributed by atoms with van der Waals surface area (Å²) in [7, 11) is -3.34. The molecule has 2 heterocycles. The summed E-state index contributed by atoms with van der Waals surface area (Å²) in [5.74, 6) is -0.293. The van der Waals surface area contributed by atoms with E-state index in [1.54, 1.807) is 24.3 Å². The molecule has 4 rings (SSSR count). The van der Waals surface area contributed by atoms with Crippen LogP contribution in [-0.4, -0.2) is 39.3 Å². The van der Waals surface area contributed by atoms with Gasteiger partial charge in [0.1, 0.15) is 11.6 Å². The van der Waals surface area contributed by atoms with Crippen molar-refractivity contribution in [3.05, 3.63) is 65.5 Å². The number of carbonyl (C=O) groups excluding carboxylic acids is 1. The number of rotatable bonds is 3. The molecule has 0 amide bonds. The Kier molecular flexibility index (Phi) is 4.59. The van der Waals surface area contributed by atoms with E-state index in [2.05, 4.69) is 0 Å². The van der Waals surface area contributed by atoms with Crippen LogP contribution in [0.5, 0.6) is 0 Å². The van der Waals surface area contributed by atoms with Crippen molar-refractivity contribution in [3.8, 4) is 0 Å². The van der Waals surface area contributed by atoms with Crippen molar-refractivity contribution in [1.82, 2.24) is 0 Å². The summed E-state index contributed by atoms with van der Waals surface area (Å²) in [4.78, 5) is 13.5. The molecule has 146 valence electrons. The maximum absolute atomic E-state index is 13.8. The molecule has 1 fully saturated rings. The first-order chi connectivity index (χ1) is 13.3. The van der Waals surface area contributed by atoms with E-state index in [9.17, 15) is 17.6 Å². The zero-order valence-electron chi connectivity index (χ0n) is 15.3. The van der Waals surface area contributed by atoms with Crippen LogP contribution in [0.25, 0.3) is 11.3 Å². The number of hydrogen-bond donors (Lipinski definition) is 0. The van der Waals surface area contributed by atoms with Crippen molar-refractivity contribution >= 4 is 27.0 Å². The fraction of sp³-hybridized carbons (Fsp3) is 0.286. The first kappa shape index (κ1) is 18.8. The van der Waals surface area contributed by atoms with Crippen LogP contribution in [-0.2, 0) is 24.1 Å². The molecule has 0 radical (unpaired) electrons. The molecule has 0 saturated carbocycles. The van der Waals surface area contributed by atoms with Crippen molar-refractivity contribution in [3.63, 3.8) is 0 Å². The Hall–Kier alpha value is -2.51. The van der Waals surface area contributed by atoms with Crippen LogP contribution < -0.4 is 0 Å². The molecule has 0 N–H and O–H groups in total. The molecular formula is C21H19FO5S. The van der Waals surface area contributed by atoms with Crippen molar-refractivity contribution in [2.75, 3.05) is 19.5 Å². The average Bonchev–Trinajstić information content (AvgIpc) is 2.94. The monoisotopic (exact) mass is 402 g/mol. The maximum atomic E-state index is 13.8. The minimum atomic E-state index is -3.34. The SMILES string of the molecule is CS(=O)(=O)c1ccc(C2=C(c3cccc(F)c3)C(=O)C3(CCOCC3)O2)cc1. The van der Waals surface area contributed by atoms with E-state index < -0.39 is 21.3 Å². The highest BCUT2D eigenvalue weighted by atomic mass is 32.2. The van der Waals surface area contributed by atoms with Gasteiger partial charge in [-0.1, -0.05) is 12.1 Å². The number of benzene rings is 2. The summed E-state index contributed by atoms with van der Waals surface area (Å²) in [5, 5.41) is 0. The van der Waals surface area contributed by atoms with Gasteiger partial charge in [-0.3, -0.25) is 4.79 Å². The van der Waals surface area contributed by atoms with Crippen LogP contribution in [0.4, 0.5) is 4.39 Å². The zero-order valence-corrected chi connectivity index (χ0v) is 16.1. The summed E-state index contributed by atoms with van der Waals surface area (Å²) in [6.07, 6.45) is 1.96. The predicted molar refractivity (Wildman–Crippen MR) is 102 cm³/mol. The fourth-order valence-corrected chi connectivity index (χ4v) is 4.25. The van der Waals surface area contributed by atoms with Crippen LogP contribution in [0.1, 0.15) is 24.0 Å². The molecule has 7 heteroatoms. The van der Waals surface area contributed by atoms with E-state index in [0.717, 1.165) is 6.26 Å². The number of carbonyl (C=O) groups is 1. The van der Waals surface area contributed by atoms with Crippen LogP contribution in [0.15, 0.2) is 53.4 Å². The van der Waals surface area contributed by atoms with Crippen LogP contribution in [0.2, 0.25) is 0 Å². The van der Waals surface area contributed by atoms with Gasteiger partial charge >= 0.3 is 0 Å². The second-order valence-corrected chi connectivity index (χ2v) is 9.06. The lowest BCUT2D eigenvalue weighted by molar-refractivity contribution is -0.136. The Bertz CT molecular complexity index is 1060. The first-order valence-electron chi connectivity index (χ1n) is 8.92. The second kappa shape index (κ2) is 6.83. The van der Waals surface area contributed by atoms with Crippen molar-refractivity contribution in [2.45, 2.75) is 23.3 Å². The molecule has 0 bridgehead atoms. The zero-order chi connectivity index (χ0) is 19.9. The minimum absolute atomic E-state index is 0.175. The van der Waals surface area contributed by atoms with E-state index in [1.165, 1.54) is 24.3 Å². The molecule has 0 aromatic heterocycles. The third-order valence-electron chi connectivity index (χ3n) is 5.12. The lowest BCUT2D eigenvalue weighted by Crippen LogP contribution is -2.42. The summed E-state index contributed by atoms with van der Waals surface area (Å²) < 4.78 is 48.9. The molecule has 0 unspecified atom stereocenters. The first-order valence-corrected chi connectivity index (χ1v) is 10.8. The third kappa shape index (κ3) is 3.25. The highest BCUT2D eigenvalue weighted by Gasteiger charge is 2.50. The fourth-order valence-electron chi connectivity index (χ4n) is 3.62. The van der Waals surface area contributed by atoms with E-state index in [-0.39, 0.29) is 10.7 Å². The molecule has 1 spiro atoms. The Labute approximate surface area is 162 Å². The van der Waals surface area contributed by atoms with Gasteiger partial charge < -0.3 is 9.47 Å². The highest BCUT2D eigenvalue weighted by molar-refractivity contribution is 7.90. The van der Waals surface area contributed by atoms with Gasteiger partial charge in [-0.05, 0) is 42.0 Å². The van der Waals surface area contributed by atoms with Gasteiger partial charge in [0.15, 0.2) is 15.4 Å². The number of halogens is 1. The van der Waals surface area contributed by atoms with Gasteiger partial charge in [0.25, 0.3) is 0 Å². The molecule has 0 aliphatic carbocycles. The average molecular weight is 402 g/mol. The summed E-state index contributed by atoms with van der Waals surface area (Å²) in [5.41, 5.74) is 0.303. The molecule has 5 nitrogen and oxygen atoms in total. The number of hydrogen-bond acceptors (Lipinski definition) is 5. The molecule has 2 aliphatic heterocycles. The second-order valence-electron chi connectivity index (χ2n) is 7.05. The number of ketones is 1. The van der Waals surface area contributed by atoms with E-state index in [1.807, 2.05) is 0 Å². The molecule has 2 aromatic carbocycles. The minimum Gasteiger partial charge on any atom is -0.478 e. The third-order valence-corrected chi connectivity index (χ3v) is 6.25. The lowest BCUT2D eigenvalue weighted by atomic mass is 9.85. The van der Waals surface area contributed by atoms with Gasteiger partial charge in [-0.25, -0.2) is 12.8 Å². The molecular weight excluding hydrogens is 383 g/mol. The summed E-state index contributed by atoms with van der Waals surface area (Å²) in [6, 6.07) is 12.0. The maximum Gasteiger partial charge on any atom is 0.210 e. The van der Waals surface area contributed by atoms with Crippen LogP contribution in [0, 0.1) is 5.82 Å². The number of Topliss-reactive ketones (excluding diaryl/α,β-unsaturated/α-hetero) is 1. The highest BCUT2D eigenvalue weighted by Crippen LogP contribution is 2.45. The van der Waals surface area contributed by atoms with Gasteiger partial charge in [0.2, 0.25) is 5.78 Å². The smallest absolute Gasteiger partial charge is 0.210 e. The van der Waals surface area contributed by atoms with E-state index in [4.69, 9.17) is 9.47 Å². The molecule has 28 heavy (non-hydrogen) atoms. The van der Waals surface area contributed by atoms with Gasteiger partial charge in [-0.15, -0.1) is 0 Å². The summed E-state index contributed by atoms with van der Waals surface area (Å²) >= 11 is 0. The Morgan fingerprint density at radius 3 is 2.29 bits per heavy atom. The largest absolute Gasteiger partial charge is 0.478 e. The van der Waals surface area contributed by atoms with E-state index >= 15 is 0 Å². The lowest BCUT2D eigenvalue weighted by Gasteiger charge is -2.32. The molecule has 2 aliphatic rings. The van der Waals surface area contributed by atoms with Gasteiger partial charge in [0.05, 0.1) is 23.7 Å². The Morgan fingerprint density at radius 1 is 1.00 bits per heavy atom. The van der Waals surface area contributed by atoms with Crippen molar-refractivity contribution in [1.29, 1.82) is 0 Å². The van der Waals surface area contributed by atoms with Crippen molar-refractivity contribution in [2.24, 2.45) is 0 Å². The standard InChI is InChI=1S/C21H19FO5S/c1-28(24,25)17-7-5-14(6-8-17)19-18(15-3-2-4-16(22)13-15)20(23)21(27-19)9-11-26-12-10-21/h2-8,13H,9-12H2,1H3. The normalized spacial score (nSPS) is 19.1. The van der Waals surface area contributed by atoms with Crippen LogP contribution in [0.3, 0.4) is 0 Å². The molecule has 0 atom stereocenters. The molecule has 1 saturated heterocycles. The Morgan fingerprint density at radius 2 is 1.68 bits per heavy atom. The number of sulfone groups is 1. The molecule has 2 aromatic rings. The van der Waals surface area contributed by atoms with Crippen LogP contribution >= 0.6 is 0 Å².